The Kier molecular flexibility index (Phi) is 6.66. The van der Waals surface area contributed by atoms with E-state index in [1.54, 1.807) is 22.9 Å². The van der Waals surface area contributed by atoms with Crippen LogP contribution in [-0.4, -0.2) is 40.4 Å². The maximum atomic E-state index is 15.0. The highest BCUT2D eigenvalue weighted by molar-refractivity contribution is 6.76. The van der Waals surface area contributed by atoms with Gasteiger partial charge < -0.3 is 30.7 Å². The number of hydrogen-bond donors (Lipinski definition) is 4. The molecule has 0 spiro atoms. The first kappa shape index (κ1) is 24.2. The summed E-state index contributed by atoms with van der Waals surface area (Å²) < 4.78 is 22.6. The van der Waals surface area contributed by atoms with Crippen molar-refractivity contribution in [3.05, 3.63) is 53.5 Å². The Labute approximate surface area is 199 Å². The van der Waals surface area contributed by atoms with Crippen LogP contribution in [0.3, 0.4) is 0 Å². The fraction of sp³-hybridized carbons (Fsp3) is 0.417. The van der Waals surface area contributed by atoms with Gasteiger partial charge in [-0.15, -0.1) is 0 Å². The van der Waals surface area contributed by atoms with Crippen LogP contribution >= 0.6 is 0 Å². The molecule has 34 heavy (non-hydrogen) atoms. The maximum absolute atomic E-state index is 15.0. The number of nitrogens with one attached hydrogen (secondary N) is 1. The summed E-state index contributed by atoms with van der Waals surface area (Å²) in [6.45, 7) is 7.63. The van der Waals surface area contributed by atoms with Crippen molar-refractivity contribution in [2.75, 3.05) is 11.9 Å². The van der Waals surface area contributed by atoms with Gasteiger partial charge in [-0.3, -0.25) is 0 Å². The lowest BCUT2D eigenvalue weighted by atomic mass is 9.75. The second kappa shape index (κ2) is 9.36. The molecule has 0 aliphatic heterocycles. The van der Waals surface area contributed by atoms with E-state index in [1.807, 2.05) is 12.1 Å². The lowest BCUT2D eigenvalue weighted by Crippen LogP contribution is -2.33. The van der Waals surface area contributed by atoms with Gasteiger partial charge in [0, 0.05) is 32.6 Å². The zero-order chi connectivity index (χ0) is 24.5. The van der Waals surface area contributed by atoms with Gasteiger partial charge in [-0.1, -0.05) is 36.9 Å². The van der Waals surface area contributed by atoms with Crippen molar-refractivity contribution in [3.63, 3.8) is 0 Å². The number of halogens is 1. The number of benzene rings is 1. The largest absolute Gasteiger partial charge is 0.409 e. The Morgan fingerprint density at radius 3 is 2.59 bits per heavy atom. The average molecular weight is 486 g/mol. The minimum atomic E-state index is -1.24. The van der Waals surface area contributed by atoms with Crippen molar-refractivity contribution in [3.8, 4) is 0 Å². The molecule has 3 aromatic rings. The number of nitrogens with two attached hydrogens (primary N) is 1. The number of rotatable bonds is 9. The van der Waals surface area contributed by atoms with E-state index in [0.29, 0.717) is 28.9 Å². The summed E-state index contributed by atoms with van der Waals surface area (Å²) in [6.07, 6.45) is 4.17. The van der Waals surface area contributed by atoms with Crippen molar-refractivity contribution in [2.24, 2.45) is 10.9 Å². The number of fused-ring (bicyclic) bond motifs is 1. The van der Waals surface area contributed by atoms with Gasteiger partial charge in [-0.2, -0.15) is 0 Å². The van der Waals surface area contributed by atoms with Gasteiger partial charge in [0.05, 0.1) is 16.7 Å². The lowest BCUT2D eigenvalue weighted by Gasteiger charge is -2.37. The Hall–Kier alpha value is -2.95. The third-order valence-corrected chi connectivity index (χ3v) is 7.99. The zero-order valence-electron chi connectivity index (χ0n) is 19.8. The van der Waals surface area contributed by atoms with Crippen molar-refractivity contribution >= 4 is 36.4 Å². The highest BCUT2D eigenvalue weighted by Gasteiger charge is 2.35. The van der Waals surface area contributed by atoms with Gasteiger partial charge in [0.1, 0.15) is 12.2 Å². The molecule has 1 aliphatic carbocycles. The molecule has 0 atom stereocenters. The molecule has 1 fully saturated rings. The van der Waals surface area contributed by atoms with Crippen LogP contribution in [0.5, 0.6) is 0 Å². The lowest BCUT2D eigenvalue weighted by molar-refractivity contribution is -0.0387. The van der Waals surface area contributed by atoms with E-state index in [0.717, 1.165) is 30.9 Å². The second-order valence-electron chi connectivity index (χ2n) is 10.1. The molecule has 2 heterocycles. The van der Waals surface area contributed by atoms with Gasteiger partial charge in [0.2, 0.25) is 0 Å². The fourth-order valence-electron chi connectivity index (χ4n) is 3.96. The second-order valence-corrected chi connectivity index (χ2v) is 15.7. The number of oxime groups is 1. The van der Waals surface area contributed by atoms with Crippen molar-refractivity contribution in [2.45, 2.75) is 57.3 Å². The van der Waals surface area contributed by atoms with Crippen LogP contribution in [-0.2, 0) is 17.1 Å². The molecule has 1 saturated carbocycles. The normalized spacial score (nSPS) is 16.0. The van der Waals surface area contributed by atoms with Crippen LogP contribution in [0.2, 0.25) is 25.7 Å². The first-order chi connectivity index (χ1) is 16.1. The molecule has 0 saturated heterocycles. The standard InChI is InChI=1S/C24H32FN5O3Si/c1-34(2,3)12-11-33-15-30-14-18(22(26)29-32)21-20(30)13-19(25)23(28-21)27-17-7-5-16(6-8-17)24(31)9-4-10-24/h5-8,13-14,31-32H,4,9-12,15H2,1-3H3,(H2,26,29)(H,27,28). The summed E-state index contributed by atoms with van der Waals surface area (Å²) in [5.74, 6) is -0.636. The molecule has 2 aromatic heterocycles. The number of amidine groups is 1. The van der Waals surface area contributed by atoms with E-state index in [1.165, 1.54) is 6.07 Å². The minimum Gasteiger partial charge on any atom is -0.409 e. The summed E-state index contributed by atoms with van der Waals surface area (Å²) in [5, 5.41) is 25.8. The third kappa shape index (κ3) is 5.08. The molecule has 5 N–H and O–H groups in total. The predicted octanol–water partition coefficient (Wildman–Crippen LogP) is 4.70. The topological polar surface area (TPSA) is 118 Å². The fourth-order valence-corrected chi connectivity index (χ4v) is 4.72. The highest BCUT2D eigenvalue weighted by Crippen LogP contribution is 2.41. The van der Waals surface area contributed by atoms with Gasteiger partial charge in [0.15, 0.2) is 17.5 Å². The Morgan fingerprint density at radius 2 is 2.00 bits per heavy atom. The average Bonchev–Trinajstić information content (AvgIpc) is 3.12. The zero-order valence-corrected chi connectivity index (χ0v) is 20.8. The Balaban J connectivity index is 1.59. The summed E-state index contributed by atoms with van der Waals surface area (Å²) in [5.41, 5.74) is 7.88. The van der Waals surface area contributed by atoms with E-state index in [2.05, 4.69) is 35.1 Å². The first-order valence-electron chi connectivity index (χ1n) is 11.4. The maximum Gasteiger partial charge on any atom is 0.173 e. The molecular formula is C24H32FN5O3Si. The van der Waals surface area contributed by atoms with Crippen LogP contribution in [0.4, 0.5) is 15.9 Å². The van der Waals surface area contributed by atoms with E-state index in [-0.39, 0.29) is 18.4 Å². The van der Waals surface area contributed by atoms with E-state index >= 15 is 4.39 Å². The molecule has 0 unspecified atom stereocenters. The molecule has 4 rings (SSSR count). The quantitative estimate of drug-likeness (QED) is 0.0872. The Morgan fingerprint density at radius 1 is 1.29 bits per heavy atom. The molecule has 1 aliphatic rings. The summed E-state index contributed by atoms with van der Waals surface area (Å²) in [4.78, 5) is 4.45. The molecule has 182 valence electrons. The number of ether oxygens (including phenoxy) is 1. The van der Waals surface area contributed by atoms with Crippen LogP contribution < -0.4 is 11.1 Å². The van der Waals surface area contributed by atoms with Gasteiger partial charge >= 0.3 is 0 Å². The summed E-state index contributed by atoms with van der Waals surface area (Å²) in [6, 6.07) is 9.64. The van der Waals surface area contributed by atoms with Gasteiger partial charge in [-0.05, 0) is 43.0 Å². The molecule has 0 radical (unpaired) electrons. The molecular weight excluding hydrogens is 453 g/mol. The number of anilines is 2. The number of aromatic nitrogens is 2. The van der Waals surface area contributed by atoms with Crippen LogP contribution in [0, 0.1) is 5.82 Å². The SMILES string of the molecule is C[Si](C)(C)CCOCn1cc(/C(N)=N/O)c2nc(Nc3ccc(C4(O)CCC4)cc3)c(F)cc21. The molecule has 8 nitrogen and oxygen atoms in total. The number of hydrogen-bond acceptors (Lipinski definition) is 6. The van der Waals surface area contributed by atoms with Gasteiger partial charge in [0.25, 0.3) is 0 Å². The molecule has 0 bridgehead atoms. The number of nitrogens with zero attached hydrogens (tertiary/aromatic N) is 3. The van der Waals surface area contributed by atoms with E-state index in [4.69, 9.17) is 10.5 Å². The molecule has 10 heteroatoms. The summed E-state index contributed by atoms with van der Waals surface area (Å²) >= 11 is 0. The highest BCUT2D eigenvalue weighted by atomic mass is 28.3. The molecule has 0 amide bonds. The predicted molar refractivity (Wildman–Crippen MR) is 134 cm³/mol. The molecule has 1 aromatic carbocycles. The third-order valence-electron chi connectivity index (χ3n) is 6.28. The van der Waals surface area contributed by atoms with Crippen LogP contribution in [0.1, 0.15) is 30.4 Å². The van der Waals surface area contributed by atoms with E-state index in [9.17, 15) is 10.3 Å². The first-order valence-corrected chi connectivity index (χ1v) is 15.2. The van der Waals surface area contributed by atoms with Crippen molar-refractivity contribution in [1.82, 2.24) is 9.55 Å². The van der Waals surface area contributed by atoms with Crippen LogP contribution in [0.25, 0.3) is 11.0 Å². The van der Waals surface area contributed by atoms with E-state index < -0.39 is 19.5 Å². The van der Waals surface area contributed by atoms with Gasteiger partial charge in [-0.25, -0.2) is 9.37 Å². The van der Waals surface area contributed by atoms with Crippen LogP contribution in [0.15, 0.2) is 41.7 Å². The smallest absolute Gasteiger partial charge is 0.173 e. The summed E-state index contributed by atoms with van der Waals surface area (Å²) in [7, 11) is -1.24. The minimum absolute atomic E-state index is 0.0204. The number of pyridine rings is 1. The Bertz CT molecular complexity index is 1200. The monoisotopic (exact) mass is 485 g/mol. The van der Waals surface area contributed by atoms with Crippen molar-refractivity contribution in [1.29, 1.82) is 0 Å². The van der Waals surface area contributed by atoms with Crippen molar-refractivity contribution < 1.29 is 19.4 Å². The number of aliphatic hydroxyl groups is 1.